The molecule has 1 aliphatic carbocycles. The van der Waals surface area contributed by atoms with E-state index in [0.717, 1.165) is 5.69 Å². The summed E-state index contributed by atoms with van der Waals surface area (Å²) in [6, 6.07) is 4.86. The van der Waals surface area contributed by atoms with E-state index >= 15 is 0 Å². The molecule has 104 valence electrons. The number of nitrogens with zero attached hydrogens (tertiary/aromatic N) is 2. The van der Waals surface area contributed by atoms with Crippen molar-refractivity contribution >= 4 is 11.6 Å². The Morgan fingerprint density at radius 1 is 1.30 bits per heavy atom. The summed E-state index contributed by atoms with van der Waals surface area (Å²) in [6.07, 6.45) is 5.64. The predicted octanol–water partition coefficient (Wildman–Crippen LogP) is 3.31. The Morgan fingerprint density at radius 3 is 2.80 bits per heavy atom. The molecule has 0 spiro atoms. The van der Waals surface area contributed by atoms with E-state index in [4.69, 9.17) is 16.3 Å². The number of aromatic nitrogens is 2. The fourth-order valence-electron chi connectivity index (χ4n) is 1.68. The van der Waals surface area contributed by atoms with Gasteiger partial charge in [-0.05, 0) is 25.0 Å². The fourth-order valence-corrected chi connectivity index (χ4v) is 1.80. The summed E-state index contributed by atoms with van der Waals surface area (Å²) in [5, 5.41) is 3.41. The Kier molecular flexibility index (Phi) is 3.80. The fraction of sp³-hybridized carbons (Fsp3) is 0.286. The second kappa shape index (κ2) is 5.73. The first-order valence-corrected chi connectivity index (χ1v) is 6.76. The van der Waals surface area contributed by atoms with Crippen LogP contribution < -0.4 is 10.1 Å². The molecule has 1 fully saturated rings. The van der Waals surface area contributed by atoms with Crippen molar-refractivity contribution in [2.75, 3.05) is 0 Å². The van der Waals surface area contributed by atoms with Crippen molar-refractivity contribution in [2.24, 2.45) is 0 Å². The van der Waals surface area contributed by atoms with Crippen LogP contribution >= 0.6 is 11.6 Å². The summed E-state index contributed by atoms with van der Waals surface area (Å²) in [5.41, 5.74) is 0.853. The molecule has 6 heteroatoms. The number of ether oxygens (including phenoxy) is 1. The second-order valence-electron chi connectivity index (χ2n) is 4.68. The number of hydrogen-bond donors (Lipinski definition) is 1. The van der Waals surface area contributed by atoms with Crippen molar-refractivity contribution in [3.05, 3.63) is 47.1 Å². The van der Waals surface area contributed by atoms with Crippen LogP contribution in [0.3, 0.4) is 0 Å². The van der Waals surface area contributed by atoms with Crippen molar-refractivity contribution in [3.63, 3.8) is 0 Å². The van der Waals surface area contributed by atoms with Crippen molar-refractivity contribution in [2.45, 2.75) is 25.4 Å². The maximum absolute atomic E-state index is 13.3. The quantitative estimate of drug-likeness (QED) is 0.919. The molecule has 0 bridgehead atoms. The molecule has 1 aliphatic rings. The van der Waals surface area contributed by atoms with Gasteiger partial charge in [0.2, 0.25) is 5.88 Å². The van der Waals surface area contributed by atoms with E-state index in [-0.39, 0.29) is 5.02 Å². The van der Waals surface area contributed by atoms with E-state index in [0.29, 0.717) is 24.2 Å². The van der Waals surface area contributed by atoms with Crippen LogP contribution in [-0.4, -0.2) is 16.0 Å². The van der Waals surface area contributed by atoms with E-state index < -0.39 is 5.82 Å². The first kappa shape index (κ1) is 13.3. The van der Waals surface area contributed by atoms with Gasteiger partial charge >= 0.3 is 0 Å². The van der Waals surface area contributed by atoms with Gasteiger partial charge in [0, 0.05) is 18.7 Å². The molecule has 4 nitrogen and oxygen atoms in total. The highest BCUT2D eigenvalue weighted by molar-refractivity contribution is 6.30. The van der Waals surface area contributed by atoms with E-state index in [2.05, 4.69) is 15.3 Å². The molecule has 0 amide bonds. The third-order valence-corrected chi connectivity index (χ3v) is 3.25. The van der Waals surface area contributed by atoms with Crippen LogP contribution in [-0.2, 0) is 6.54 Å². The molecule has 1 N–H and O–H groups in total. The summed E-state index contributed by atoms with van der Waals surface area (Å²) in [7, 11) is 0. The Bertz CT molecular complexity index is 602. The van der Waals surface area contributed by atoms with Gasteiger partial charge in [0.05, 0.1) is 23.1 Å². The molecular formula is C14H13ClFN3O. The monoisotopic (exact) mass is 293 g/mol. The lowest BCUT2D eigenvalue weighted by atomic mass is 10.3. The van der Waals surface area contributed by atoms with Crippen LogP contribution in [0, 0.1) is 5.82 Å². The topological polar surface area (TPSA) is 47.0 Å². The summed E-state index contributed by atoms with van der Waals surface area (Å²) >= 11 is 5.60. The molecular weight excluding hydrogens is 281 g/mol. The van der Waals surface area contributed by atoms with Crippen LogP contribution in [0.2, 0.25) is 5.02 Å². The van der Waals surface area contributed by atoms with Gasteiger partial charge in [-0.15, -0.1) is 0 Å². The Balaban J connectivity index is 1.62. The zero-order chi connectivity index (χ0) is 13.9. The summed E-state index contributed by atoms with van der Waals surface area (Å²) < 4.78 is 18.7. The van der Waals surface area contributed by atoms with Crippen molar-refractivity contribution < 1.29 is 9.13 Å². The van der Waals surface area contributed by atoms with Gasteiger partial charge < -0.3 is 10.1 Å². The third kappa shape index (κ3) is 3.43. The summed E-state index contributed by atoms with van der Waals surface area (Å²) in [5.74, 6) is 0.134. The molecule has 1 aromatic heterocycles. The van der Waals surface area contributed by atoms with E-state index in [1.54, 1.807) is 12.3 Å². The van der Waals surface area contributed by atoms with Crippen molar-refractivity contribution in [1.29, 1.82) is 0 Å². The second-order valence-corrected chi connectivity index (χ2v) is 5.09. The standard InChI is InChI=1S/C14H13ClFN3O/c15-12-4-3-11(5-13(12)16)20-14-8-18-10(7-19-14)6-17-9-1-2-9/h3-5,7-9,17H,1-2,6H2. The number of benzene rings is 1. The lowest BCUT2D eigenvalue weighted by molar-refractivity contribution is 0.454. The molecule has 0 atom stereocenters. The summed E-state index contributed by atoms with van der Waals surface area (Å²) in [4.78, 5) is 8.39. The molecule has 0 saturated heterocycles. The molecule has 0 radical (unpaired) electrons. The molecule has 0 aliphatic heterocycles. The minimum Gasteiger partial charge on any atom is -0.437 e. The molecule has 1 saturated carbocycles. The van der Waals surface area contributed by atoms with Gasteiger partial charge in [-0.2, -0.15) is 0 Å². The first-order chi connectivity index (χ1) is 9.70. The minimum absolute atomic E-state index is 0.0601. The highest BCUT2D eigenvalue weighted by Crippen LogP contribution is 2.24. The van der Waals surface area contributed by atoms with Crippen LogP contribution in [0.4, 0.5) is 4.39 Å². The normalized spacial score (nSPS) is 14.3. The van der Waals surface area contributed by atoms with Crippen molar-refractivity contribution in [3.8, 4) is 11.6 Å². The van der Waals surface area contributed by atoms with Gasteiger partial charge in [-0.3, -0.25) is 4.98 Å². The lowest BCUT2D eigenvalue weighted by Gasteiger charge is -2.06. The summed E-state index contributed by atoms with van der Waals surface area (Å²) in [6.45, 7) is 0.702. The molecule has 20 heavy (non-hydrogen) atoms. The smallest absolute Gasteiger partial charge is 0.237 e. The maximum atomic E-state index is 13.3. The van der Waals surface area contributed by atoms with E-state index in [9.17, 15) is 4.39 Å². The average Bonchev–Trinajstić information content (AvgIpc) is 3.26. The number of halogens is 2. The largest absolute Gasteiger partial charge is 0.437 e. The Morgan fingerprint density at radius 2 is 2.15 bits per heavy atom. The zero-order valence-electron chi connectivity index (χ0n) is 10.6. The third-order valence-electron chi connectivity index (χ3n) is 2.94. The van der Waals surface area contributed by atoms with Crippen LogP contribution in [0.25, 0.3) is 0 Å². The molecule has 3 rings (SSSR count). The first-order valence-electron chi connectivity index (χ1n) is 6.38. The molecule has 2 aromatic rings. The zero-order valence-corrected chi connectivity index (χ0v) is 11.4. The van der Waals surface area contributed by atoms with Crippen LogP contribution in [0.5, 0.6) is 11.6 Å². The molecule has 1 aromatic carbocycles. The van der Waals surface area contributed by atoms with Crippen LogP contribution in [0.1, 0.15) is 18.5 Å². The lowest BCUT2D eigenvalue weighted by Crippen LogP contribution is -2.16. The van der Waals surface area contributed by atoms with Crippen LogP contribution in [0.15, 0.2) is 30.6 Å². The Hall–Kier alpha value is -1.72. The molecule has 1 heterocycles. The number of hydrogen-bond acceptors (Lipinski definition) is 4. The van der Waals surface area contributed by atoms with Gasteiger partial charge in [0.15, 0.2) is 0 Å². The Labute approximate surface area is 121 Å². The predicted molar refractivity (Wildman–Crippen MR) is 73.4 cm³/mol. The van der Waals surface area contributed by atoms with Gasteiger partial charge in [-0.25, -0.2) is 9.37 Å². The average molecular weight is 294 g/mol. The SMILES string of the molecule is Fc1cc(Oc2cnc(CNC3CC3)cn2)ccc1Cl. The van der Waals surface area contributed by atoms with E-state index in [1.807, 2.05) is 0 Å². The highest BCUT2D eigenvalue weighted by atomic mass is 35.5. The molecule has 0 unspecified atom stereocenters. The van der Waals surface area contributed by atoms with E-state index in [1.165, 1.54) is 31.2 Å². The highest BCUT2D eigenvalue weighted by Gasteiger charge is 2.20. The number of rotatable bonds is 5. The van der Waals surface area contributed by atoms with Gasteiger partial charge in [0.1, 0.15) is 11.6 Å². The maximum Gasteiger partial charge on any atom is 0.237 e. The minimum atomic E-state index is -0.526. The number of nitrogens with one attached hydrogen (secondary N) is 1. The van der Waals surface area contributed by atoms with Crippen molar-refractivity contribution in [1.82, 2.24) is 15.3 Å². The van der Waals surface area contributed by atoms with Gasteiger partial charge in [-0.1, -0.05) is 11.6 Å². The van der Waals surface area contributed by atoms with Gasteiger partial charge in [0.25, 0.3) is 0 Å².